The third-order valence-electron chi connectivity index (χ3n) is 0. The number of rotatable bonds is 0. The normalized spacial score (nSPS) is 8.57. The Morgan fingerprint density at radius 3 is 0.857 bits per heavy atom. The van der Waals surface area contributed by atoms with Gasteiger partial charge in [-0.1, -0.05) is 0 Å². The van der Waals surface area contributed by atoms with Crippen LogP contribution in [0.3, 0.4) is 0 Å². The first-order chi connectivity index (χ1) is 2.00. The van der Waals surface area contributed by atoms with Gasteiger partial charge in [-0.15, -0.1) is 0 Å². The van der Waals surface area contributed by atoms with Crippen molar-refractivity contribution in [3.8, 4) is 0 Å². The van der Waals surface area contributed by atoms with E-state index in [9.17, 15) is 0 Å². The summed E-state index contributed by atoms with van der Waals surface area (Å²) < 4.78 is 0. The van der Waals surface area contributed by atoms with Crippen molar-refractivity contribution in [2.45, 2.75) is 0 Å². The number of hydrogen-bond acceptors (Lipinski definition) is 4. The standard InChI is InChI=1S/Al.La.O4Si/c;;1-5(2,3)4/q2*+3;-4. The first-order valence-corrected chi connectivity index (χ1v) is 2.45. The number of hydrogen-bond donors (Lipinski definition) is 0. The van der Waals surface area contributed by atoms with E-state index in [4.69, 9.17) is 19.2 Å². The van der Waals surface area contributed by atoms with Crippen LogP contribution in [0, 0.1) is 35.6 Å². The summed E-state index contributed by atoms with van der Waals surface area (Å²) in [7, 11) is -5.61. The Balaban J connectivity index is -0.0000000800. The minimum atomic E-state index is -5.61. The maximum absolute atomic E-state index is 8.58. The Hall–Kier alpha value is 1.78. The van der Waals surface area contributed by atoms with E-state index in [1.165, 1.54) is 0 Å². The molecule has 0 aromatic rings. The van der Waals surface area contributed by atoms with Crippen LogP contribution in [0.25, 0.3) is 0 Å². The van der Waals surface area contributed by atoms with Gasteiger partial charge < -0.3 is 28.2 Å². The summed E-state index contributed by atoms with van der Waals surface area (Å²) in [6.45, 7) is 0. The molecule has 0 fully saturated rings. The van der Waals surface area contributed by atoms with E-state index in [1.807, 2.05) is 0 Å². The topological polar surface area (TPSA) is 92.2 Å². The zero-order chi connectivity index (χ0) is 4.50. The molecule has 0 spiro atoms. The molecule has 0 saturated carbocycles. The molecule has 0 aromatic carbocycles. The first-order valence-electron chi connectivity index (χ1n) is 0.816. The van der Waals surface area contributed by atoms with Gasteiger partial charge in [-0.25, -0.2) is 0 Å². The Morgan fingerprint density at radius 2 is 0.857 bits per heavy atom. The van der Waals surface area contributed by atoms with Crippen molar-refractivity contribution >= 4 is 26.4 Å². The van der Waals surface area contributed by atoms with Gasteiger partial charge in [0.25, 0.3) is 0 Å². The van der Waals surface area contributed by atoms with Crippen molar-refractivity contribution in [3.63, 3.8) is 0 Å². The monoisotopic (exact) mass is 258 g/mol. The fourth-order valence-corrected chi connectivity index (χ4v) is 0. The van der Waals surface area contributed by atoms with Crippen LogP contribution < -0.4 is 19.2 Å². The van der Waals surface area contributed by atoms with Gasteiger partial charge in [0.15, 0.2) is 0 Å². The summed E-state index contributed by atoms with van der Waals surface area (Å²) >= 11 is 0. The van der Waals surface area contributed by atoms with Crippen molar-refractivity contribution in [3.05, 3.63) is 0 Å². The average Bonchev–Trinajstić information content (AvgIpc) is 0.722. The Morgan fingerprint density at radius 1 is 0.857 bits per heavy atom. The van der Waals surface area contributed by atoms with Gasteiger partial charge in [-0.3, -0.25) is 0 Å². The maximum Gasteiger partial charge on any atom is 3.00 e. The van der Waals surface area contributed by atoms with Crippen LogP contribution in [0.2, 0.25) is 0 Å². The second-order valence-corrected chi connectivity index (χ2v) is 1.50. The fraction of sp³-hybridized carbons (Fsp3) is 0. The van der Waals surface area contributed by atoms with Crippen LogP contribution in [0.4, 0.5) is 0 Å². The second kappa shape index (κ2) is 5.91. The fourth-order valence-electron chi connectivity index (χ4n) is 0. The molecule has 0 radical (unpaired) electrons. The molecule has 0 bridgehead atoms. The van der Waals surface area contributed by atoms with Crippen LogP contribution in [0.5, 0.6) is 0 Å². The van der Waals surface area contributed by atoms with Crippen LogP contribution in [0.15, 0.2) is 0 Å². The van der Waals surface area contributed by atoms with E-state index in [0.717, 1.165) is 0 Å². The van der Waals surface area contributed by atoms with E-state index in [2.05, 4.69) is 0 Å². The Kier molecular flexibility index (Phi) is 13.4. The molecule has 0 aromatic heterocycles. The molecule has 0 aliphatic rings. The Bertz CT molecular complexity index is 27.2. The predicted molar refractivity (Wildman–Crippen MR) is 11.5 cm³/mol. The van der Waals surface area contributed by atoms with Crippen LogP contribution >= 0.6 is 0 Å². The van der Waals surface area contributed by atoms with Crippen molar-refractivity contribution in [1.82, 2.24) is 0 Å². The molecule has 4 nitrogen and oxygen atoms in total. The molecule has 0 rings (SSSR count). The summed E-state index contributed by atoms with van der Waals surface area (Å²) in [6, 6.07) is 0. The maximum atomic E-state index is 8.58. The van der Waals surface area contributed by atoms with Crippen molar-refractivity contribution in [2.24, 2.45) is 0 Å². The van der Waals surface area contributed by atoms with Crippen LogP contribution in [-0.4, -0.2) is 26.4 Å². The van der Waals surface area contributed by atoms with E-state index in [-0.39, 0.29) is 53.0 Å². The molecule has 0 atom stereocenters. The minimum absolute atomic E-state index is 0. The summed E-state index contributed by atoms with van der Waals surface area (Å²) in [5, 5.41) is 0. The molecule has 0 unspecified atom stereocenters. The van der Waals surface area contributed by atoms with Gasteiger partial charge >= 0.3 is 53.0 Å². The minimum Gasteiger partial charge on any atom is -0.894 e. The van der Waals surface area contributed by atoms with Gasteiger partial charge in [-0.05, 0) is 0 Å². The van der Waals surface area contributed by atoms with Crippen LogP contribution in [0.1, 0.15) is 0 Å². The molecule has 0 heterocycles. The van der Waals surface area contributed by atoms with E-state index < -0.39 is 9.05 Å². The van der Waals surface area contributed by atoms with Gasteiger partial charge in [0.1, 0.15) is 0 Å². The average molecular weight is 258 g/mol. The quantitative estimate of drug-likeness (QED) is 0.405. The third kappa shape index (κ3) is 81.8. The van der Waals surface area contributed by atoms with E-state index in [1.54, 1.807) is 0 Å². The molecule has 0 aliphatic heterocycles. The molecule has 7 heavy (non-hydrogen) atoms. The molecular formula is AlLaO4Si+2. The van der Waals surface area contributed by atoms with Gasteiger partial charge in [0, 0.05) is 0 Å². The molecule has 0 amide bonds. The van der Waals surface area contributed by atoms with Crippen molar-refractivity contribution < 1.29 is 54.8 Å². The van der Waals surface area contributed by atoms with E-state index in [0.29, 0.717) is 0 Å². The summed E-state index contributed by atoms with van der Waals surface area (Å²) in [4.78, 5) is 34.3. The predicted octanol–water partition coefficient (Wildman–Crippen LogP) is -5.52. The van der Waals surface area contributed by atoms with Gasteiger partial charge in [-0.2, -0.15) is 0 Å². The molecule has 7 heteroatoms. The van der Waals surface area contributed by atoms with Crippen LogP contribution in [-0.2, 0) is 0 Å². The first kappa shape index (κ1) is 15.9. The largest absolute Gasteiger partial charge is 3.00 e. The second-order valence-electron chi connectivity index (χ2n) is 0.500. The molecule has 32 valence electrons. The van der Waals surface area contributed by atoms with E-state index >= 15 is 0 Å². The summed E-state index contributed by atoms with van der Waals surface area (Å²) in [5.74, 6) is 0. The smallest absolute Gasteiger partial charge is 0.894 e. The summed E-state index contributed by atoms with van der Waals surface area (Å²) in [5.41, 5.74) is 0. The van der Waals surface area contributed by atoms with Crippen molar-refractivity contribution in [1.29, 1.82) is 0 Å². The zero-order valence-corrected chi connectivity index (χ0v) is 9.07. The van der Waals surface area contributed by atoms with Gasteiger partial charge in [0.2, 0.25) is 0 Å². The molecule has 0 N–H and O–H groups in total. The SMILES string of the molecule is [Al+3].[La+3].[O-][Si]([O-])([O-])[O-]. The van der Waals surface area contributed by atoms with Gasteiger partial charge in [0.05, 0.1) is 0 Å². The zero-order valence-electron chi connectivity index (χ0n) is 3.29. The molecular weight excluding hydrogens is 258 g/mol. The third-order valence-corrected chi connectivity index (χ3v) is 0. The molecule has 0 saturated heterocycles. The molecule has 0 aliphatic carbocycles. The Labute approximate surface area is 80.4 Å². The summed E-state index contributed by atoms with van der Waals surface area (Å²) in [6.07, 6.45) is 0. The van der Waals surface area contributed by atoms with Crippen molar-refractivity contribution in [2.75, 3.05) is 0 Å².